The summed E-state index contributed by atoms with van der Waals surface area (Å²) in [6, 6.07) is 9.14. The van der Waals surface area contributed by atoms with Crippen LogP contribution in [0.5, 0.6) is 0 Å². The molecular formula is C15H22BrNOS. The summed E-state index contributed by atoms with van der Waals surface area (Å²) >= 11 is 3.62. The summed E-state index contributed by atoms with van der Waals surface area (Å²) in [6.45, 7) is 3.04. The number of hydrogen-bond donors (Lipinski definition) is 1. The van der Waals surface area contributed by atoms with Gasteiger partial charge in [-0.25, -0.2) is 0 Å². The molecule has 0 aromatic heterocycles. The second-order valence-corrected chi connectivity index (χ2v) is 8.10. The Morgan fingerprint density at radius 3 is 2.74 bits per heavy atom. The van der Waals surface area contributed by atoms with E-state index in [2.05, 4.69) is 52.4 Å². The van der Waals surface area contributed by atoms with Crippen molar-refractivity contribution in [2.45, 2.75) is 43.4 Å². The van der Waals surface area contributed by atoms with Gasteiger partial charge in [-0.3, -0.25) is 4.21 Å². The Bertz CT molecular complexity index is 446. The highest BCUT2D eigenvalue weighted by atomic mass is 79.9. The summed E-state index contributed by atoms with van der Waals surface area (Å²) in [5, 5.41) is 3.87. The van der Waals surface area contributed by atoms with E-state index in [0.29, 0.717) is 17.2 Å². The minimum absolute atomic E-state index is 0.298. The number of benzene rings is 1. The molecule has 1 aromatic rings. The summed E-state index contributed by atoms with van der Waals surface area (Å²) < 4.78 is 12.5. The SMILES string of the molecule is CC(CCNC1CC(c2ccccc2Br)C1)S(C)=O. The fourth-order valence-electron chi connectivity index (χ4n) is 2.50. The van der Waals surface area contributed by atoms with Gasteiger partial charge in [0.05, 0.1) is 0 Å². The van der Waals surface area contributed by atoms with E-state index >= 15 is 0 Å². The van der Waals surface area contributed by atoms with E-state index in [-0.39, 0.29) is 0 Å². The fourth-order valence-corrected chi connectivity index (χ4v) is 3.56. The Balaban J connectivity index is 1.70. The van der Waals surface area contributed by atoms with Gasteiger partial charge in [-0.1, -0.05) is 41.1 Å². The Labute approximate surface area is 127 Å². The molecule has 4 heteroatoms. The quantitative estimate of drug-likeness (QED) is 0.857. The van der Waals surface area contributed by atoms with Gasteiger partial charge in [0, 0.05) is 32.8 Å². The molecule has 0 radical (unpaired) electrons. The second-order valence-electron chi connectivity index (χ2n) is 5.44. The molecule has 2 atom stereocenters. The molecule has 1 aromatic carbocycles. The maximum atomic E-state index is 11.3. The summed E-state index contributed by atoms with van der Waals surface area (Å²) in [4.78, 5) is 0. The highest BCUT2D eigenvalue weighted by molar-refractivity contribution is 9.10. The van der Waals surface area contributed by atoms with Crippen LogP contribution in [0.4, 0.5) is 0 Å². The normalized spacial score (nSPS) is 25.6. The smallest absolute Gasteiger partial charge is 0.0329 e. The molecule has 0 bridgehead atoms. The predicted octanol–water partition coefficient (Wildman–Crippen LogP) is 3.44. The van der Waals surface area contributed by atoms with Crippen molar-refractivity contribution in [1.29, 1.82) is 0 Å². The summed E-state index contributed by atoms with van der Waals surface area (Å²) in [5.74, 6) is 0.686. The van der Waals surface area contributed by atoms with E-state index in [9.17, 15) is 4.21 Å². The van der Waals surface area contributed by atoms with Crippen LogP contribution in [-0.2, 0) is 10.8 Å². The summed E-state index contributed by atoms with van der Waals surface area (Å²) in [6.07, 6.45) is 5.22. The molecule has 0 spiro atoms. The minimum atomic E-state index is -0.695. The van der Waals surface area contributed by atoms with Gasteiger partial charge in [0.15, 0.2) is 0 Å². The fraction of sp³-hybridized carbons (Fsp3) is 0.600. The minimum Gasteiger partial charge on any atom is -0.314 e. The number of nitrogens with one attached hydrogen (secondary N) is 1. The van der Waals surface area contributed by atoms with E-state index in [1.807, 2.05) is 0 Å². The van der Waals surface area contributed by atoms with E-state index < -0.39 is 10.8 Å². The first-order valence-electron chi connectivity index (χ1n) is 6.88. The van der Waals surface area contributed by atoms with Crippen molar-refractivity contribution in [2.24, 2.45) is 0 Å². The van der Waals surface area contributed by atoms with Gasteiger partial charge in [0.25, 0.3) is 0 Å². The van der Waals surface area contributed by atoms with Crippen LogP contribution in [0.3, 0.4) is 0 Å². The van der Waals surface area contributed by atoms with Crippen LogP contribution in [0.1, 0.15) is 37.7 Å². The Hall–Kier alpha value is -0.190. The maximum Gasteiger partial charge on any atom is 0.0329 e. The van der Waals surface area contributed by atoms with Crippen molar-refractivity contribution in [1.82, 2.24) is 5.32 Å². The molecule has 0 amide bonds. The largest absolute Gasteiger partial charge is 0.314 e. The standard InChI is InChI=1S/C15H22BrNOS/c1-11(19(2)18)7-8-17-13-9-12(10-13)14-5-3-4-6-15(14)16/h3-6,11-13,17H,7-10H2,1-2H3. The van der Waals surface area contributed by atoms with Gasteiger partial charge in [0.1, 0.15) is 0 Å². The van der Waals surface area contributed by atoms with Crippen molar-refractivity contribution in [3.05, 3.63) is 34.3 Å². The Kier molecular flexibility index (Phi) is 5.60. The molecule has 1 aliphatic rings. The van der Waals surface area contributed by atoms with Crippen LogP contribution in [0.2, 0.25) is 0 Å². The van der Waals surface area contributed by atoms with Crippen LogP contribution in [-0.4, -0.2) is 28.3 Å². The van der Waals surface area contributed by atoms with E-state index in [4.69, 9.17) is 0 Å². The van der Waals surface area contributed by atoms with E-state index in [0.717, 1.165) is 13.0 Å². The summed E-state index contributed by atoms with van der Waals surface area (Å²) in [7, 11) is -0.695. The first kappa shape index (κ1) is 15.2. The molecule has 1 N–H and O–H groups in total. The van der Waals surface area contributed by atoms with Crippen LogP contribution >= 0.6 is 15.9 Å². The van der Waals surface area contributed by atoms with Crippen molar-refractivity contribution in [2.75, 3.05) is 12.8 Å². The third-order valence-electron chi connectivity index (χ3n) is 4.03. The molecular weight excluding hydrogens is 322 g/mol. The average molecular weight is 344 g/mol. The molecule has 0 saturated heterocycles. The van der Waals surface area contributed by atoms with Crippen molar-refractivity contribution in [3.63, 3.8) is 0 Å². The predicted molar refractivity (Wildman–Crippen MR) is 86.1 cm³/mol. The lowest BCUT2D eigenvalue weighted by Gasteiger charge is -2.37. The van der Waals surface area contributed by atoms with Crippen molar-refractivity contribution < 1.29 is 4.21 Å². The zero-order chi connectivity index (χ0) is 13.8. The molecule has 1 fully saturated rings. The topological polar surface area (TPSA) is 29.1 Å². The third-order valence-corrected chi connectivity index (χ3v) is 6.12. The van der Waals surface area contributed by atoms with E-state index in [1.165, 1.54) is 22.9 Å². The molecule has 1 saturated carbocycles. The first-order valence-corrected chi connectivity index (χ1v) is 9.29. The highest BCUT2D eigenvalue weighted by Crippen LogP contribution is 2.39. The number of hydrogen-bond acceptors (Lipinski definition) is 2. The molecule has 2 rings (SSSR count). The highest BCUT2D eigenvalue weighted by Gasteiger charge is 2.30. The van der Waals surface area contributed by atoms with E-state index in [1.54, 1.807) is 6.26 Å². The lowest BCUT2D eigenvalue weighted by Crippen LogP contribution is -2.41. The number of halogens is 1. The van der Waals surface area contributed by atoms with Crippen molar-refractivity contribution >= 4 is 26.7 Å². The average Bonchev–Trinajstić information content (AvgIpc) is 2.33. The Morgan fingerprint density at radius 1 is 1.42 bits per heavy atom. The second kappa shape index (κ2) is 7.00. The van der Waals surface area contributed by atoms with Gasteiger partial charge in [-0.15, -0.1) is 0 Å². The van der Waals surface area contributed by atoms with Crippen molar-refractivity contribution in [3.8, 4) is 0 Å². The van der Waals surface area contributed by atoms with Crippen LogP contribution < -0.4 is 5.32 Å². The van der Waals surface area contributed by atoms with Crippen LogP contribution in [0.15, 0.2) is 28.7 Å². The summed E-state index contributed by atoms with van der Waals surface area (Å²) in [5.41, 5.74) is 1.43. The monoisotopic (exact) mass is 343 g/mol. The van der Waals surface area contributed by atoms with Gasteiger partial charge < -0.3 is 5.32 Å². The molecule has 2 nitrogen and oxygen atoms in total. The lowest BCUT2D eigenvalue weighted by atomic mass is 9.76. The number of rotatable bonds is 6. The zero-order valence-corrected chi connectivity index (χ0v) is 14.0. The van der Waals surface area contributed by atoms with Gasteiger partial charge in [0.2, 0.25) is 0 Å². The first-order chi connectivity index (χ1) is 9.08. The molecule has 106 valence electrons. The van der Waals surface area contributed by atoms with Crippen LogP contribution in [0, 0.1) is 0 Å². The lowest BCUT2D eigenvalue weighted by molar-refractivity contribution is 0.290. The van der Waals surface area contributed by atoms with Gasteiger partial charge in [-0.2, -0.15) is 0 Å². The zero-order valence-electron chi connectivity index (χ0n) is 11.6. The maximum absolute atomic E-state index is 11.3. The molecule has 0 aliphatic heterocycles. The van der Waals surface area contributed by atoms with Crippen LogP contribution in [0.25, 0.3) is 0 Å². The third kappa shape index (κ3) is 4.14. The van der Waals surface area contributed by atoms with Gasteiger partial charge in [-0.05, 0) is 43.4 Å². The molecule has 1 aliphatic carbocycles. The molecule has 0 heterocycles. The van der Waals surface area contributed by atoms with Gasteiger partial charge >= 0.3 is 0 Å². The molecule has 19 heavy (non-hydrogen) atoms. The molecule has 2 unspecified atom stereocenters. The Morgan fingerprint density at radius 2 is 2.11 bits per heavy atom.